The summed E-state index contributed by atoms with van der Waals surface area (Å²) in [6, 6.07) is 14.4. The van der Waals surface area contributed by atoms with Crippen molar-refractivity contribution in [1.29, 1.82) is 0 Å². The molecule has 0 spiro atoms. The molecule has 0 radical (unpaired) electrons. The Hall–Kier alpha value is -0.310. The van der Waals surface area contributed by atoms with Gasteiger partial charge < -0.3 is 0 Å². The average Bonchev–Trinajstić information content (AvgIpc) is 2.32. The van der Waals surface area contributed by atoms with Crippen LogP contribution in [-0.2, 0) is 6.42 Å². The van der Waals surface area contributed by atoms with Crippen LogP contribution in [0.4, 0.5) is 0 Å². The highest BCUT2D eigenvalue weighted by molar-refractivity contribution is 9.11. The Morgan fingerprint density at radius 3 is 2.67 bits per heavy atom. The molecule has 0 amide bonds. The standard InChI is InChI=1S/C15H13Br2Cl/c1-10-5-6-14(16)13(7-10)15(17)9-11-3-2-4-12(18)8-11/h2-8,15H,9H2,1H3. The van der Waals surface area contributed by atoms with Gasteiger partial charge in [-0.1, -0.05) is 73.3 Å². The normalized spacial score (nSPS) is 12.4. The molecule has 2 rings (SSSR count). The maximum atomic E-state index is 6.01. The molecule has 0 nitrogen and oxygen atoms in total. The van der Waals surface area contributed by atoms with Crippen LogP contribution < -0.4 is 0 Å². The van der Waals surface area contributed by atoms with Crippen molar-refractivity contribution in [3.63, 3.8) is 0 Å². The predicted octanol–water partition coefficient (Wildman–Crippen LogP) is 6.09. The van der Waals surface area contributed by atoms with Crippen LogP contribution in [-0.4, -0.2) is 0 Å². The van der Waals surface area contributed by atoms with Gasteiger partial charge in [0.05, 0.1) is 0 Å². The van der Waals surface area contributed by atoms with Gasteiger partial charge >= 0.3 is 0 Å². The summed E-state index contributed by atoms with van der Waals surface area (Å²) in [4.78, 5) is 0.283. The summed E-state index contributed by atoms with van der Waals surface area (Å²) in [5.74, 6) is 0. The number of rotatable bonds is 3. The second kappa shape index (κ2) is 6.23. The monoisotopic (exact) mass is 386 g/mol. The van der Waals surface area contributed by atoms with Gasteiger partial charge in [0.1, 0.15) is 0 Å². The van der Waals surface area contributed by atoms with Crippen molar-refractivity contribution in [3.05, 3.63) is 68.7 Å². The minimum atomic E-state index is 0.283. The van der Waals surface area contributed by atoms with E-state index < -0.39 is 0 Å². The molecule has 0 fully saturated rings. The Labute approximate surface area is 130 Å². The Morgan fingerprint density at radius 2 is 1.94 bits per heavy atom. The van der Waals surface area contributed by atoms with E-state index in [1.807, 2.05) is 18.2 Å². The Kier molecular flexibility index (Phi) is 4.88. The fraction of sp³-hybridized carbons (Fsp3) is 0.200. The summed E-state index contributed by atoms with van der Waals surface area (Å²) in [6.45, 7) is 2.11. The molecular weight excluding hydrogens is 375 g/mol. The molecule has 3 heteroatoms. The summed E-state index contributed by atoms with van der Waals surface area (Å²) in [6.07, 6.45) is 0.919. The molecule has 2 aromatic carbocycles. The van der Waals surface area contributed by atoms with Crippen molar-refractivity contribution in [2.45, 2.75) is 18.2 Å². The first-order chi connectivity index (χ1) is 8.56. The summed E-state index contributed by atoms with van der Waals surface area (Å²) >= 11 is 13.4. The summed E-state index contributed by atoms with van der Waals surface area (Å²) in [7, 11) is 0. The van der Waals surface area contributed by atoms with E-state index >= 15 is 0 Å². The smallest absolute Gasteiger partial charge is 0.0446 e. The van der Waals surface area contributed by atoms with E-state index in [4.69, 9.17) is 11.6 Å². The van der Waals surface area contributed by atoms with Crippen molar-refractivity contribution in [1.82, 2.24) is 0 Å². The first-order valence-corrected chi connectivity index (χ1v) is 7.79. The topological polar surface area (TPSA) is 0 Å². The molecule has 1 unspecified atom stereocenters. The second-order valence-electron chi connectivity index (χ2n) is 4.33. The highest BCUT2D eigenvalue weighted by Crippen LogP contribution is 2.33. The van der Waals surface area contributed by atoms with Crippen LogP contribution in [0.1, 0.15) is 21.5 Å². The molecule has 0 aliphatic rings. The number of aryl methyl sites for hydroxylation is 1. The summed E-state index contributed by atoms with van der Waals surface area (Å²) in [5, 5.41) is 0.788. The van der Waals surface area contributed by atoms with Crippen LogP contribution in [0.15, 0.2) is 46.9 Å². The van der Waals surface area contributed by atoms with E-state index in [2.05, 4.69) is 63.0 Å². The van der Waals surface area contributed by atoms with Crippen LogP contribution in [0.3, 0.4) is 0 Å². The molecule has 1 atom stereocenters. The lowest BCUT2D eigenvalue weighted by atomic mass is 10.0. The average molecular weight is 389 g/mol. The second-order valence-corrected chi connectivity index (χ2v) is 6.72. The number of benzene rings is 2. The van der Waals surface area contributed by atoms with Gasteiger partial charge in [0, 0.05) is 14.3 Å². The number of hydrogen-bond acceptors (Lipinski definition) is 0. The van der Waals surface area contributed by atoms with Crippen molar-refractivity contribution < 1.29 is 0 Å². The number of alkyl halides is 1. The van der Waals surface area contributed by atoms with Gasteiger partial charge in [-0.25, -0.2) is 0 Å². The largest absolute Gasteiger partial charge is 0.0843 e. The van der Waals surface area contributed by atoms with Crippen molar-refractivity contribution in [2.24, 2.45) is 0 Å². The Morgan fingerprint density at radius 1 is 1.17 bits per heavy atom. The highest BCUT2D eigenvalue weighted by Gasteiger charge is 2.12. The highest BCUT2D eigenvalue weighted by atomic mass is 79.9. The van der Waals surface area contributed by atoms with Crippen LogP contribution in [0.5, 0.6) is 0 Å². The van der Waals surface area contributed by atoms with Gasteiger partial charge in [-0.3, -0.25) is 0 Å². The first-order valence-electron chi connectivity index (χ1n) is 5.71. The van der Waals surface area contributed by atoms with E-state index in [1.54, 1.807) is 0 Å². The van der Waals surface area contributed by atoms with Crippen LogP contribution in [0, 0.1) is 6.92 Å². The molecule has 0 aliphatic carbocycles. The molecule has 18 heavy (non-hydrogen) atoms. The third-order valence-electron chi connectivity index (χ3n) is 2.79. The zero-order valence-corrected chi connectivity index (χ0v) is 13.9. The lowest BCUT2D eigenvalue weighted by Gasteiger charge is -2.13. The van der Waals surface area contributed by atoms with E-state index in [0.717, 1.165) is 15.9 Å². The molecular formula is C15H13Br2Cl. The van der Waals surface area contributed by atoms with Crippen LogP contribution in [0.25, 0.3) is 0 Å². The number of halogens is 3. The molecule has 0 aliphatic heterocycles. The fourth-order valence-electron chi connectivity index (χ4n) is 1.88. The third-order valence-corrected chi connectivity index (χ3v) is 4.57. The first kappa shape index (κ1) is 14.1. The van der Waals surface area contributed by atoms with Gasteiger partial charge in [0.2, 0.25) is 0 Å². The van der Waals surface area contributed by atoms with Gasteiger partial charge in [0.15, 0.2) is 0 Å². The third kappa shape index (κ3) is 3.59. The Bertz CT molecular complexity index is 552. The van der Waals surface area contributed by atoms with Crippen molar-refractivity contribution >= 4 is 43.5 Å². The van der Waals surface area contributed by atoms with E-state index in [0.29, 0.717) is 0 Å². The predicted molar refractivity (Wildman–Crippen MR) is 85.7 cm³/mol. The summed E-state index contributed by atoms with van der Waals surface area (Å²) < 4.78 is 1.14. The minimum Gasteiger partial charge on any atom is -0.0843 e. The minimum absolute atomic E-state index is 0.283. The lowest BCUT2D eigenvalue weighted by Crippen LogP contribution is -1.97. The zero-order chi connectivity index (χ0) is 13.1. The van der Waals surface area contributed by atoms with E-state index in [-0.39, 0.29) is 4.83 Å². The lowest BCUT2D eigenvalue weighted by molar-refractivity contribution is 0.941. The maximum absolute atomic E-state index is 6.01. The van der Waals surface area contributed by atoms with Crippen LogP contribution >= 0.6 is 43.5 Å². The molecule has 0 aromatic heterocycles. The summed E-state index contributed by atoms with van der Waals surface area (Å²) in [5.41, 5.74) is 3.77. The molecule has 0 saturated carbocycles. The Balaban J connectivity index is 2.21. The van der Waals surface area contributed by atoms with Gasteiger partial charge in [-0.05, 0) is 42.7 Å². The molecule has 0 N–H and O–H groups in total. The molecule has 94 valence electrons. The molecule has 0 saturated heterocycles. The van der Waals surface area contributed by atoms with Gasteiger partial charge in [-0.2, -0.15) is 0 Å². The fourth-order valence-corrected chi connectivity index (χ4v) is 3.68. The van der Waals surface area contributed by atoms with Crippen LogP contribution in [0.2, 0.25) is 5.02 Å². The SMILES string of the molecule is Cc1ccc(Br)c(C(Br)Cc2cccc(Cl)c2)c1. The zero-order valence-electron chi connectivity index (χ0n) is 9.96. The molecule has 0 heterocycles. The number of hydrogen-bond donors (Lipinski definition) is 0. The molecule has 0 bridgehead atoms. The maximum Gasteiger partial charge on any atom is 0.0446 e. The van der Waals surface area contributed by atoms with E-state index in [9.17, 15) is 0 Å². The van der Waals surface area contributed by atoms with Gasteiger partial charge in [0.25, 0.3) is 0 Å². The quantitative estimate of drug-likeness (QED) is 0.558. The van der Waals surface area contributed by atoms with E-state index in [1.165, 1.54) is 16.7 Å². The van der Waals surface area contributed by atoms with Crippen molar-refractivity contribution in [2.75, 3.05) is 0 Å². The molecule has 2 aromatic rings. The van der Waals surface area contributed by atoms with Gasteiger partial charge in [-0.15, -0.1) is 0 Å². The van der Waals surface area contributed by atoms with Crippen molar-refractivity contribution in [3.8, 4) is 0 Å².